The fourth-order valence-corrected chi connectivity index (χ4v) is 2.23. The first kappa shape index (κ1) is 20.4. The van der Waals surface area contributed by atoms with Crippen LogP contribution in [0.15, 0.2) is 5.11 Å². The van der Waals surface area contributed by atoms with Gasteiger partial charge in [-0.15, -0.1) is 0 Å². The van der Waals surface area contributed by atoms with Gasteiger partial charge in [-0.2, -0.15) is 0 Å². The van der Waals surface area contributed by atoms with Crippen LogP contribution in [-0.2, 0) is 0 Å². The minimum atomic E-state index is -1.06. The molecule has 0 saturated carbocycles. The van der Waals surface area contributed by atoms with Gasteiger partial charge in [-0.25, -0.2) is 0 Å². The van der Waals surface area contributed by atoms with Crippen LogP contribution in [0.1, 0.15) is 27.7 Å². The van der Waals surface area contributed by atoms with Gasteiger partial charge in [0.25, 0.3) is 0 Å². The quantitative estimate of drug-likeness (QED) is 0.225. The lowest BCUT2D eigenvalue weighted by Gasteiger charge is -2.17. The molecule has 0 aromatic heterocycles. The van der Waals surface area contributed by atoms with E-state index < -0.39 is 61.0 Å². The maximum absolute atomic E-state index is 11.6. The first-order chi connectivity index (χ1) is 12.0. The smallest absolute Gasteiger partial charge is 0.329 e. The van der Waals surface area contributed by atoms with Crippen molar-refractivity contribution in [2.75, 3.05) is 10.6 Å². The summed E-state index contributed by atoms with van der Waals surface area (Å²) in [4.78, 5) is 33.9. The number of nitrogens with one attached hydrogen (secondary N) is 2. The maximum Gasteiger partial charge on any atom is 0.329 e. The zero-order valence-corrected chi connectivity index (χ0v) is 14.3. The van der Waals surface area contributed by atoms with E-state index in [0.29, 0.717) is 0 Å². The van der Waals surface area contributed by atoms with Gasteiger partial charge in [-0.05, 0) is 38.3 Å². The van der Waals surface area contributed by atoms with Crippen LogP contribution in [0.3, 0.4) is 0 Å². The minimum Gasteiger partial charge on any atom is -0.372 e. The average Bonchev–Trinajstić information content (AvgIpc) is 2.44. The predicted molar refractivity (Wildman–Crippen MR) is 92.7 cm³/mol. The Balaban J connectivity index is 4.26. The number of nitro groups is 3. The van der Waals surface area contributed by atoms with Crippen LogP contribution in [0.2, 0.25) is 0 Å². The zero-order chi connectivity index (χ0) is 20.2. The van der Waals surface area contributed by atoms with Crippen molar-refractivity contribution in [1.29, 1.82) is 0 Å². The van der Waals surface area contributed by atoms with E-state index in [-0.39, 0.29) is 0 Å². The van der Waals surface area contributed by atoms with Crippen LogP contribution < -0.4 is 10.6 Å². The molecular formula is C12H16N8O6. The normalized spacial score (nSPS) is 10.4. The number of nitrogens with zero attached hydrogens (tertiary/aromatic N) is 6. The molecule has 0 fully saturated rings. The van der Waals surface area contributed by atoms with E-state index in [1.807, 2.05) is 0 Å². The van der Waals surface area contributed by atoms with Gasteiger partial charge in [0.2, 0.25) is 0 Å². The number of nitro benzene ring substituents is 3. The molecule has 2 N–H and O–H groups in total. The number of rotatable bonds is 8. The Morgan fingerprint density at radius 3 is 1.42 bits per heavy atom. The Hall–Kier alpha value is -3.67. The van der Waals surface area contributed by atoms with E-state index in [0.717, 1.165) is 0 Å². The predicted octanol–water partition coefficient (Wildman–Crippen LogP) is 3.99. The highest BCUT2D eigenvalue weighted by molar-refractivity contribution is 5.99. The largest absolute Gasteiger partial charge is 0.372 e. The molecule has 0 radical (unpaired) electrons. The number of benzene rings is 1. The lowest BCUT2D eigenvalue weighted by molar-refractivity contribution is -0.399. The molecule has 26 heavy (non-hydrogen) atoms. The fourth-order valence-electron chi connectivity index (χ4n) is 2.23. The Kier molecular flexibility index (Phi) is 6.22. The number of hydrogen-bond acceptors (Lipinski definition) is 9. The van der Waals surface area contributed by atoms with E-state index in [2.05, 4.69) is 20.7 Å². The number of hydrogen-bond donors (Lipinski definition) is 2. The lowest BCUT2D eigenvalue weighted by atomic mass is 10.1. The van der Waals surface area contributed by atoms with Gasteiger partial charge in [0, 0.05) is 17.0 Å². The van der Waals surface area contributed by atoms with Crippen molar-refractivity contribution in [3.63, 3.8) is 0 Å². The Labute approximate surface area is 146 Å². The average molecular weight is 368 g/mol. The molecule has 1 aromatic carbocycles. The second-order valence-electron chi connectivity index (χ2n) is 5.70. The zero-order valence-electron chi connectivity index (χ0n) is 14.3. The summed E-state index contributed by atoms with van der Waals surface area (Å²) in [5.41, 5.74) is 3.67. The third-order valence-electron chi connectivity index (χ3n) is 2.95. The molecule has 140 valence electrons. The molecule has 0 bridgehead atoms. The summed E-state index contributed by atoms with van der Waals surface area (Å²) in [5, 5.41) is 42.8. The molecule has 14 heteroatoms. The first-order valence-electron chi connectivity index (χ1n) is 7.28. The summed E-state index contributed by atoms with van der Waals surface area (Å²) in [6, 6.07) is -0.973. The molecule has 0 atom stereocenters. The van der Waals surface area contributed by atoms with Crippen molar-refractivity contribution in [2.45, 2.75) is 39.8 Å². The third-order valence-corrected chi connectivity index (χ3v) is 2.95. The number of anilines is 2. The van der Waals surface area contributed by atoms with Crippen molar-refractivity contribution < 1.29 is 14.8 Å². The summed E-state index contributed by atoms with van der Waals surface area (Å²) in [7, 11) is 0. The van der Waals surface area contributed by atoms with Gasteiger partial charge >= 0.3 is 17.1 Å². The fraction of sp³-hybridized carbons (Fsp3) is 0.500. The van der Waals surface area contributed by atoms with E-state index in [1.165, 1.54) is 0 Å². The van der Waals surface area contributed by atoms with Gasteiger partial charge in [-0.1, -0.05) is 0 Å². The van der Waals surface area contributed by atoms with E-state index in [9.17, 15) is 30.3 Å². The Morgan fingerprint density at radius 1 is 0.846 bits per heavy atom. The van der Waals surface area contributed by atoms with Gasteiger partial charge < -0.3 is 10.6 Å². The van der Waals surface area contributed by atoms with Crippen LogP contribution in [0, 0.1) is 30.3 Å². The van der Waals surface area contributed by atoms with Crippen LogP contribution >= 0.6 is 0 Å². The first-order valence-corrected chi connectivity index (χ1v) is 7.28. The molecular weight excluding hydrogens is 352 g/mol. The van der Waals surface area contributed by atoms with E-state index in [1.54, 1.807) is 27.7 Å². The molecule has 0 amide bonds. The third kappa shape index (κ3) is 4.05. The summed E-state index contributed by atoms with van der Waals surface area (Å²) < 4.78 is 0. The molecule has 0 aliphatic heterocycles. The van der Waals surface area contributed by atoms with Crippen LogP contribution in [0.5, 0.6) is 0 Å². The summed E-state index contributed by atoms with van der Waals surface area (Å²) >= 11 is 0. The summed E-state index contributed by atoms with van der Waals surface area (Å²) in [6.07, 6.45) is 0. The highest BCUT2D eigenvalue weighted by atomic mass is 16.6. The molecule has 0 aliphatic carbocycles. The molecule has 0 spiro atoms. The van der Waals surface area contributed by atoms with Crippen molar-refractivity contribution in [1.82, 2.24) is 0 Å². The van der Waals surface area contributed by atoms with Crippen molar-refractivity contribution in [3.05, 3.63) is 40.8 Å². The molecule has 0 saturated heterocycles. The monoisotopic (exact) mass is 368 g/mol. The molecule has 1 aromatic rings. The Bertz CT molecular complexity index is 765. The van der Waals surface area contributed by atoms with E-state index in [4.69, 9.17) is 5.53 Å². The van der Waals surface area contributed by atoms with Crippen molar-refractivity contribution in [2.24, 2.45) is 5.11 Å². The second-order valence-corrected chi connectivity index (χ2v) is 5.70. The lowest BCUT2D eigenvalue weighted by Crippen LogP contribution is -2.18. The van der Waals surface area contributed by atoms with E-state index >= 15 is 0 Å². The highest BCUT2D eigenvalue weighted by Crippen LogP contribution is 2.54. The molecule has 1 rings (SSSR count). The summed E-state index contributed by atoms with van der Waals surface area (Å²) in [6.45, 7) is 6.27. The molecule has 0 heterocycles. The highest BCUT2D eigenvalue weighted by Gasteiger charge is 2.42. The van der Waals surface area contributed by atoms with Gasteiger partial charge in [0.1, 0.15) is 0 Å². The minimum absolute atomic E-state index is 0.486. The maximum atomic E-state index is 11.6. The standard InChI is InChI=1S/C12H16N8O6/c1-5(2)14-7-10(18(21)22)8(15-6(3)4)12(20(25)26)9(16-17-13)11(7)19(23)24/h5-6,14-15H,1-4H3. The second kappa shape index (κ2) is 7.94. The van der Waals surface area contributed by atoms with Crippen LogP contribution in [-0.4, -0.2) is 26.9 Å². The topological polar surface area (TPSA) is 202 Å². The van der Waals surface area contributed by atoms with Crippen molar-refractivity contribution in [3.8, 4) is 0 Å². The number of azide groups is 1. The summed E-state index contributed by atoms with van der Waals surface area (Å²) in [5.74, 6) is 0. The SMILES string of the molecule is CC(C)Nc1c([N+](=O)[O-])c(N=[N+]=[N-])c([N+](=O)[O-])c(NC(C)C)c1[N+](=O)[O-]. The molecule has 0 unspecified atom stereocenters. The van der Waals surface area contributed by atoms with Crippen LogP contribution in [0.25, 0.3) is 10.4 Å². The molecule has 14 nitrogen and oxygen atoms in total. The molecule has 0 aliphatic rings. The van der Waals surface area contributed by atoms with Crippen LogP contribution in [0.4, 0.5) is 34.1 Å². The Morgan fingerprint density at radius 2 is 1.19 bits per heavy atom. The van der Waals surface area contributed by atoms with Gasteiger partial charge in [0.05, 0.1) is 14.8 Å². The van der Waals surface area contributed by atoms with Crippen molar-refractivity contribution >= 4 is 34.1 Å². The van der Waals surface area contributed by atoms with Gasteiger partial charge in [-0.3, -0.25) is 30.3 Å². The van der Waals surface area contributed by atoms with Gasteiger partial charge in [0.15, 0.2) is 17.1 Å².